The monoisotopic (exact) mass is 454 g/mol. The van der Waals surface area contributed by atoms with Crippen LogP contribution in [0.2, 0.25) is 0 Å². The number of phenolic OH excluding ortho intramolecular Hbond substituents is 2. The fraction of sp³-hybridized carbons (Fsp3) is 0.0476. The molecule has 5 nitrogen and oxygen atoms in total. The summed E-state index contributed by atoms with van der Waals surface area (Å²) < 4.78 is 6.98. The van der Waals surface area contributed by atoms with Crippen LogP contribution in [0.5, 0.6) is 17.2 Å². The highest BCUT2D eigenvalue weighted by atomic mass is 79.9. The molecule has 4 aromatic rings. The fourth-order valence-corrected chi connectivity index (χ4v) is 4.20. The molecule has 0 atom stereocenters. The van der Waals surface area contributed by atoms with E-state index >= 15 is 0 Å². The predicted molar refractivity (Wildman–Crippen MR) is 116 cm³/mol. The fourth-order valence-electron chi connectivity index (χ4n) is 2.76. The Morgan fingerprint density at radius 2 is 1.93 bits per heavy atom. The summed E-state index contributed by atoms with van der Waals surface area (Å²) >= 11 is 4.90. The summed E-state index contributed by atoms with van der Waals surface area (Å²) in [6.45, 7) is 0. The van der Waals surface area contributed by atoms with E-state index in [1.54, 1.807) is 36.5 Å². The maximum atomic E-state index is 10.3. The number of aromatic nitrogens is 1. The number of rotatable bonds is 4. The first-order chi connectivity index (χ1) is 13.5. The molecule has 1 heterocycles. The maximum Gasteiger partial charge on any atom is 0.166 e. The average molecular weight is 455 g/mol. The molecule has 0 aliphatic heterocycles. The van der Waals surface area contributed by atoms with Crippen LogP contribution in [0.1, 0.15) is 5.56 Å². The van der Waals surface area contributed by atoms with Crippen LogP contribution in [0, 0.1) is 0 Å². The number of para-hydroxylation sites is 1. The molecular weight excluding hydrogens is 440 g/mol. The Hall–Kier alpha value is -2.90. The van der Waals surface area contributed by atoms with Crippen LogP contribution in [0.3, 0.4) is 0 Å². The van der Waals surface area contributed by atoms with Crippen LogP contribution in [0.15, 0.2) is 64.1 Å². The molecule has 0 spiro atoms. The molecule has 0 saturated heterocycles. The molecule has 28 heavy (non-hydrogen) atoms. The predicted octanol–water partition coefficient (Wildman–Crippen LogP) is 5.90. The van der Waals surface area contributed by atoms with Crippen molar-refractivity contribution < 1.29 is 14.9 Å². The third kappa shape index (κ3) is 3.58. The number of ether oxygens (including phenoxy) is 1. The molecule has 7 heteroatoms. The van der Waals surface area contributed by atoms with Crippen molar-refractivity contribution in [2.75, 3.05) is 7.11 Å². The van der Waals surface area contributed by atoms with Gasteiger partial charge in [0.1, 0.15) is 10.8 Å². The van der Waals surface area contributed by atoms with Crippen molar-refractivity contribution in [3.8, 4) is 27.8 Å². The molecule has 0 fully saturated rings. The van der Waals surface area contributed by atoms with E-state index in [1.165, 1.54) is 18.4 Å². The van der Waals surface area contributed by atoms with Gasteiger partial charge in [0.25, 0.3) is 0 Å². The van der Waals surface area contributed by atoms with Gasteiger partial charge in [0.15, 0.2) is 11.5 Å². The SMILES string of the molecule is COc1cc(Br)cc(C=Nc2ccc(O)c(-c3nc4ccccc4s3)c2)c1O. The van der Waals surface area contributed by atoms with E-state index < -0.39 is 0 Å². The van der Waals surface area contributed by atoms with E-state index in [9.17, 15) is 10.2 Å². The van der Waals surface area contributed by atoms with Crippen molar-refractivity contribution in [3.05, 3.63) is 64.6 Å². The van der Waals surface area contributed by atoms with E-state index in [-0.39, 0.29) is 11.5 Å². The minimum Gasteiger partial charge on any atom is -0.507 e. The Balaban J connectivity index is 1.71. The lowest BCUT2D eigenvalue weighted by Gasteiger charge is -2.07. The lowest BCUT2D eigenvalue weighted by Crippen LogP contribution is -1.89. The van der Waals surface area contributed by atoms with Crippen LogP contribution in [-0.2, 0) is 0 Å². The number of hydrogen-bond donors (Lipinski definition) is 2. The van der Waals surface area contributed by atoms with Crippen LogP contribution >= 0.6 is 27.3 Å². The van der Waals surface area contributed by atoms with Crippen molar-refractivity contribution in [2.24, 2.45) is 4.99 Å². The Kier molecular flexibility index (Phi) is 5.02. The molecule has 0 aliphatic carbocycles. The van der Waals surface area contributed by atoms with Gasteiger partial charge in [0.05, 0.1) is 28.6 Å². The highest BCUT2D eigenvalue weighted by molar-refractivity contribution is 9.10. The number of hydrogen-bond acceptors (Lipinski definition) is 6. The second-order valence-electron chi connectivity index (χ2n) is 5.99. The van der Waals surface area contributed by atoms with E-state index in [2.05, 4.69) is 25.9 Å². The summed E-state index contributed by atoms with van der Waals surface area (Å²) in [5.41, 5.74) is 2.65. The summed E-state index contributed by atoms with van der Waals surface area (Å²) in [4.78, 5) is 9.03. The van der Waals surface area contributed by atoms with Gasteiger partial charge in [-0.15, -0.1) is 11.3 Å². The molecule has 2 N–H and O–H groups in total. The number of methoxy groups -OCH3 is 1. The van der Waals surface area contributed by atoms with Crippen molar-refractivity contribution >= 4 is 49.4 Å². The average Bonchev–Trinajstić information content (AvgIpc) is 3.13. The van der Waals surface area contributed by atoms with Crippen LogP contribution in [-0.4, -0.2) is 28.5 Å². The Labute approximate surface area is 173 Å². The summed E-state index contributed by atoms with van der Waals surface area (Å²) in [7, 11) is 1.49. The van der Waals surface area contributed by atoms with Gasteiger partial charge in [-0.05, 0) is 42.5 Å². The molecule has 0 unspecified atom stereocenters. The van der Waals surface area contributed by atoms with Gasteiger partial charge in [0.2, 0.25) is 0 Å². The molecule has 0 radical (unpaired) electrons. The van der Waals surface area contributed by atoms with Crippen LogP contribution in [0.25, 0.3) is 20.8 Å². The molecule has 0 amide bonds. The molecule has 1 aromatic heterocycles. The van der Waals surface area contributed by atoms with Gasteiger partial charge >= 0.3 is 0 Å². The van der Waals surface area contributed by atoms with Crippen LogP contribution in [0.4, 0.5) is 5.69 Å². The molecule has 140 valence electrons. The lowest BCUT2D eigenvalue weighted by atomic mass is 10.1. The first kappa shape index (κ1) is 18.5. The number of thiazole rings is 1. The molecule has 0 bridgehead atoms. The normalized spacial score (nSPS) is 11.4. The minimum absolute atomic E-state index is 0.0135. The van der Waals surface area contributed by atoms with Gasteiger partial charge < -0.3 is 14.9 Å². The second kappa shape index (κ2) is 7.61. The molecule has 0 aliphatic rings. The van der Waals surface area contributed by atoms with Crippen molar-refractivity contribution in [1.29, 1.82) is 0 Å². The van der Waals surface area contributed by atoms with Gasteiger partial charge in [-0.3, -0.25) is 4.99 Å². The first-order valence-corrected chi connectivity index (χ1v) is 9.95. The number of nitrogens with zero attached hydrogens (tertiary/aromatic N) is 2. The van der Waals surface area contributed by atoms with Crippen molar-refractivity contribution in [3.63, 3.8) is 0 Å². The van der Waals surface area contributed by atoms with Gasteiger partial charge in [-0.25, -0.2) is 4.98 Å². The number of fused-ring (bicyclic) bond motifs is 1. The van der Waals surface area contributed by atoms with E-state index in [1.807, 2.05) is 24.3 Å². The lowest BCUT2D eigenvalue weighted by molar-refractivity contribution is 0.373. The van der Waals surface area contributed by atoms with E-state index in [0.717, 1.165) is 19.7 Å². The molecule has 3 aromatic carbocycles. The van der Waals surface area contributed by atoms with Gasteiger partial charge in [-0.1, -0.05) is 28.1 Å². The summed E-state index contributed by atoms with van der Waals surface area (Å²) in [5.74, 6) is 0.515. The third-order valence-electron chi connectivity index (χ3n) is 4.15. The highest BCUT2D eigenvalue weighted by Gasteiger charge is 2.12. The zero-order valence-electron chi connectivity index (χ0n) is 14.8. The third-order valence-corrected chi connectivity index (χ3v) is 5.67. The van der Waals surface area contributed by atoms with Gasteiger partial charge in [0, 0.05) is 16.3 Å². The number of phenols is 2. The zero-order chi connectivity index (χ0) is 19.7. The standard InChI is InChI=1S/C21H15BrN2O3S/c1-27-18-9-13(22)8-12(20(18)26)11-23-14-6-7-17(25)15(10-14)21-24-16-4-2-3-5-19(16)28-21/h2-11,25-26H,1H3. The highest BCUT2D eigenvalue weighted by Crippen LogP contribution is 2.38. The first-order valence-electron chi connectivity index (χ1n) is 8.34. The number of aliphatic imine (C=N–C) groups is 1. The minimum atomic E-state index is 0.0135. The maximum absolute atomic E-state index is 10.3. The smallest absolute Gasteiger partial charge is 0.166 e. The zero-order valence-corrected chi connectivity index (χ0v) is 17.2. The second-order valence-corrected chi connectivity index (χ2v) is 7.94. The Morgan fingerprint density at radius 1 is 1.11 bits per heavy atom. The molecule has 0 saturated carbocycles. The number of aromatic hydroxyl groups is 2. The number of halogens is 1. The van der Waals surface area contributed by atoms with Gasteiger partial charge in [-0.2, -0.15) is 0 Å². The molecular formula is C21H15BrN2O3S. The van der Waals surface area contributed by atoms with E-state index in [4.69, 9.17) is 4.74 Å². The summed E-state index contributed by atoms with van der Waals surface area (Å²) in [6, 6.07) is 16.3. The van der Waals surface area contributed by atoms with E-state index in [0.29, 0.717) is 22.6 Å². The number of benzene rings is 3. The van der Waals surface area contributed by atoms with Crippen molar-refractivity contribution in [1.82, 2.24) is 4.98 Å². The van der Waals surface area contributed by atoms with Crippen LogP contribution < -0.4 is 4.74 Å². The summed E-state index contributed by atoms with van der Waals surface area (Å²) in [5, 5.41) is 21.3. The summed E-state index contributed by atoms with van der Waals surface area (Å²) in [6.07, 6.45) is 1.55. The van der Waals surface area contributed by atoms with Crippen molar-refractivity contribution in [2.45, 2.75) is 0 Å². The Bertz CT molecular complexity index is 1170. The quantitative estimate of drug-likeness (QED) is 0.376. The molecule has 4 rings (SSSR count). The largest absolute Gasteiger partial charge is 0.507 e. The Morgan fingerprint density at radius 3 is 2.71 bits per heavy atom. The topological polar surface area (TPSA) is 74.9 Å².